The normalized spacial score (nSPS) is 13.3. The predicted molar refractivity (Wildman–Crippen MR) is 175 cm³/mol. The molecule has 0 spiro atoms. The largest absolute Gasteiger partial charge is 0.336 e. The van der Waals surface area contributed by atoms with Gasteiger partial charge in [0.1, 0.15) is 11.9 Å². The van der Waals surface area contributed by atoms with Crippen molar-refractivity contribution in [1.82, 2.24) is 14.8 Å². The number of carbonyl (C=O) groups is 2. The average Bonchev–Trinajstić information content (AvgIpc) is 3.12. The van der Waals surface area contributed by atoms with E-state index >= 15 is 0 Å². The molecule has 6 rings (SSSR count). The summed E-state index contributed by atoms with van der Waals surface area (Å²) in [6.45, 7) is 0.918. The Bertz CT molecular complexity index is 1900. The van der Waals surface area contributed by atoms with Gasteiger partial charge in [-0.25, -0.2) is 13.2 Å². The maximum atomic E-state index is 14.5. The van der Waals surface area contributed by atoms with Crippen LogP contribution in [-0.2, 0) is 35.5 Å². The van der Waals surface area contributed by atoms with E-state index in [0.717, 1.165) is 46.2 Å². The van der Waals surface area contributed by atoms with Gasteiger partial charge in [0.2, 0.25) is 11.8 Å². The molecule has 0 radical (unpaired) electrons. The van der Waals surface area contributed by atoms with Crippen molar-refractivity contribution < 1.29 is 22.8 Å². The first-order chi connectivity index (χ1) is 22.9. The molecule has 8 heteroatoms. The van der Waals surface area contributed by atoms with Gasteiger partial charge in [0.05, 0.1) is 5.69 Å². The van der Waals surface area contributed by atoms with Gasteiger partial charge in [0, 0.05) is 49.5 Å². The highest BCUT2D eigenvalue weighted by atomic mass is 19.2. The van der Waals surface area contributed by atoms with Crippen LogP contribution in [0, 0.1) is 17.5 Å². The Morgan fingerprint density at radius 2 is 1.49 bits per heavy atom. The molecule has 1 aromatic heterocycles. The molecule has 0 bridgehead atoms. The molecule has 1 aliphatic heterocycles. The number of aromatic nitrogens is 1. The number of benzene rings is 4. The lowest BCUT2D eigenvalue weighted by molar-refractivity contribution is -0.144. The van der Waals surface area contributed by atoms with E-state index in [1.165, 1.54) is 10.5 Å². The highest BCUT2D eigenvalue weighted by Gasteiger charge is 2.34. The van der Waals surface area contributed by atoms with Gasteiger partial charge in [-0.3, -0.25) is 14.6 Å². The summed E-state index contributed by atoms with van der Waals surface area (Å²) >= 11 is 0. The van der Waals surface area contributed by atoms with Crippen molar-refractivity contribution in [2.24, 2.45) is 0 Å². The lowest BCUT2D eigenvalue weighted by Crippen LogP contribution is -2.52. The number of halogens is 3. The summed E-state index contributed by atoms with van der Waals surface area (Å²) in [6.07, 6.45) is 4.53. The van der Waals surface area contributed by atoms with Crippen LogP contribution in [0.25, 0.3) is 17.3 Å². The highest BCUT2D eigenvalue weighted by Crippen LogP contribution is 2.25. The Morgan fingerprint density at radius 1 is 0.787 bits per heavy atom. The van der Waals surface area contributed by atoms with Crippen LogP contribution in [0.1, 0.15) is 27.8 Å². The number of carbonyl (C=O) groups excluding carboxylic acids is 2. The fourth-order valence-corrected chi connectivity index (χ4v) is 5.86. The van der Waals surface area contributed by atoms with Crippen molar-refractivity contribution in [3.63, 3.8) is 0 Å². The molecule has 236 valence electrons. The minimum atomic E-state index is -1.39. The van der Waals surface area contributed by atoms with Crippen molar-refractivity contribution in [2.45, 2.75) is 32.0 Å². The van der Waals surface area contributed by atoms with Gasteiger partial charge in [-0.05, 0) is 59.0 Å². The molecule has 47 heavy (non-hydrogen) atoms. The average molecular weight is 632 g/mol. The summed E-state index contributed by atoms with van der Waals surface area (Å²) in [5.41, 5.74) is 4.81. The van der Waals surface area contributed by atoms with Gasteiger partial charge < -0.3 is 9.80 Å². The fourth-order valence-electron chi connectivity index (χ4n) is 5.86. The third-order valence-electron chi connectivity index (χ3n) is 8.40. The number of pyridine rings is 1. The third-order valence-corrected chi connectivity index (χ3v) is 8.40. The van der Waals surface area contributed by atoms with Gasteiger partial charge >= 0.3 is 0 Å². The highest BCUT2D eigenvalue weighted by molar-refractivity contribution is 5.96. The molecular weight excluding hydrogens is 599 g/mol. The second kappa shape index (κ2) is 14.3. The van der Waals surface area contributed by atoms with Crippen LogP contribution in [0.4, 0.5) is 13.2 Å². The first-order valence-electron chi connectivity index (χ1n) is 15.4. The van der Waals surface area contributed by atoms with E-state index in [1.807, 2.05) is 91.0 Å². The second-order valence-electron chi connectivity index (χ2n) is 11.5. The molecule has 1 aliphatic rings. The summed E-state index contributed by atoms with van der Waals surface area (Å²) in [5.74, 6) is -4.51. The first kappa shape index (κ1) is 31.5. The van der Waals surface area contributed by atoms with E-state index in [9.17, 15) is 22.8 Å². The molecule has 0 fully saturated rings. The molecule has 0 N–H and O–H groups in total. The lowest BCUT2D eigenvalue weighted by atomic mass is 9.97. The SMILES string of the molecule is O=C([C@H](Cc1ccccc1)N(Cc1ccc(-c2ccccn2)cc1)C(=O)/C=C/c1c(F)ccc(F)c1F)N1CCc2ccccc2C1. The van der Waals surface area contributed by atoms with Crippen molar-refractivity contribution in [1.29, 1.82) is 0 Å². The number of amides is 2. The second-order valence-corrected chi connectivity index (χ2v) is 11.5. The molecule has 0 saturated carbocycles. The van der Waals surface area contributed by atoms with E-state index in [1.54, 1.807) is 11.1 Å². The van der Waals surface area contributed by atoms with Crippen molar-refractivity contribution in [2.75, 3.05) is 6.54 Å². The maximum absolute atomic E-state index is 14.5. The maximum Gasteiger partial charge on any atom is 0.247 e. The predicted octanol–water partition coefficient (Wildman–Crippen LogP) is 7.40. The zero-order valence-electron chi connectivity index (χ0n) is 25.5. The van der Waals surface area contributed by atoms with Crippen LogP contribution >= 0.6 is 0 Å². The van der Waals surface area contributed by atoms with Crippen LogP contribution < -0.4 is 0 Å². The Labute approximate surface area is 271 Å². The molecule has 5 nitrogen and oxygen atoms in total. The van der Waals surface area contributed by atoms with Crippen molar-refractivity contribution >= 4 is 17.9 Å². The Hall–Kier alpha value is -5.50. The van der Waals surface area contributed by atoms with Crippen LogP contribution in [0.2, 0.25) is 0 Å². The Morgan fingerprint density at radius 3 is 2.23 bits per heavy atom. The van der Waals surface area contributed by atoms with Gasteiger partial charge in [0.15, 0.2) is 11.6 Å². The van der Waals surface area contributed by atoms with E-state index in [0.29, 0.717) is 25.6 Å². The molecule has 0 aliphatic carbocycles. The van der Waals surface area contributed by atoms with Crippen molar-refractivity contribution in [3.8, 4) is 11.3 Å². The standard InChI is InChI=1S/C39H32F3N3O2/c40-33-18-19-34(41)38(42)32(33)17-20-37(46)45(25-28-13-15-30(16-14-28)35-12-6-7-22-43-35)36(24-27-8-2-1-3-9-27)39(47)44-23-21-29-10-4-5-11-31(29)26-44/h1-20,22,36H,21,23-26H2/b20-17+/t36-/m0/s1. The van der Waals surface area contributed by atoms with E-state index in [-0.39, 0.29) is 18.9 Å². The van der Waals surface area contributed by atoms with Crippen molar-refractivity contribution in [3.05, 3.63) is 167 Å². The molecule has 2 heterocycles. The molecule has 0 saturated heterocycles. The van der Waals surface area contributed by atoms with Crippen LogP contribution in [0.15, 0.2) is 121 Å². The van der Waals surface area contributed by atoms with Crippen LogP contribution in [0.3, 0.4) is 0 Å². The Balaban J connectivity index is 1.37. The summed E-state index contributed by atoms with van der Waals surface area (Å²) in [6, 6.07) is 31.0. The zero-order valence-corrected chi connectivity index (χ0v) is 25.5. The summed E-state index contributed by atoms with van der Waals surface area (Å²) in [7, 11) is 0. The summed E-state index contributed by atoms with van der Waals surface area (Å²) in [5, 5.41) is 0. The monoisotopic (exact) mass is 631 g/mol. The Kier molecular flexibility index (Phi) is 9.57. The number of nitrogens with zero attached hydrogens (tertiary/aromatic N) is 3. The van der Waals surface area contributed by atoms with Gasteiger partial charge in [-0.15, -0.1) is 0 Å². The van der Waals surface area contributed by atoms with E-state index in [2.05, 4.69) is 11.1 Å². The third kappa shape index (κ3) is 7.33. The smallest absolute Gasteiger partial charge is 0.247 e. The molecule has 0 unspecified atom stereocenters. The summed E-state index contributed by atoms with van der Waals surface area (Å²) < 4.78 is 43.0. The zero-order chi connectivity index (χ0) is 32.8. The van der Waals surface area contributed by atoms with E-state index in [4.69, 9.17) is 0 Å². The minimum Gasteiger partial charge on any atom is -0.336 e. The molecule has 1 atom stereocenters. The molecule has 2 amide bonds. The van der Waals surface area contributed by atoms with Gasteiger partial charge in [-0.2, -0.15) is 0 Å². The van der Waals surface area contributed by atoms with Crippen LogP contribution in [-0.4, -0.2) is 39.2 Å². The topological polar surface area (TPSA) is 53.5 Å². The minimum absolute atomic E-state index is 0.0352. The number of hydrogen-bond acceptors (Lipinski definition) is 3. The van der Waals surface area contributed by atoms with E-state index < -0.39 is 35.0 Å². The number of fused-ring (bicyclic) bond motifs is 1. The van der Waals surface area contributed by atoms with Gasteiger partial charge in [0.25, 0.3) is 0 Å². The lowest BCUT2D eigenvalue weighted by Gasteiger charge is -2.37. The quantitative estimate of drug-likeness (QED) is 0.126. The molecule has 4 aromatic carbocycles. The number of rotatable bonds is 9. The summed E-state index contributed by atoms with van der Waals surface area (Å²) in [4.78, 5) is 36.1. The van der Waals surface area contributed by atoms with Gasteiger partial charge in [-0.1, -0.05) is 84.9 Å². The first-order valence-corrected chi connectivity index (χ1v) is 15.4. The fraction of sp³-hybridized carbons (Fsp3) is 0.154. The number of hydrogen-bond donors (Lipinski definition) is 0. The molecule has 5 aromatic rings. The molecular formula is C39H32F3N3O2. The van der Waals surface area contributed by atoms with Crippen LogP contribution in [0.5, 0.6) is 0 Å².